The van der Waals surface area contributed by atoms with Gasteiger partial charge in [0.2, 0.25) is 0 Å². The van der Waals surface area contributed by atoms with Gasteiger partial charge >= 0.3 is 0 Å². The van der Waals surface area contributed by atoms with Gasteiger partial charge in [0.25, 0.3) is 0 Å². The average Bonchev–Trinajstić information content (AvgIpc) is 2.64. The highest BCUT2D eigenvalue weighted by molar-refractivity contribution is 7.80. The van der Waals surface area contributed by atoms with Crippen LogP contribution < -0.4 is 15.9 Å². The largest absolute Gasteiger partial charge is 0.768 e. The Morgan fingerprint density at radius 2 is 0.920 bits per heavy atom. The van der Waals surface area contributed by atoms with E-state index in [4.69, 9.17) is 0 Å². The Morgan fingerprint density at radius 3 is 1.28 bits per heavy atom. The minimum Gasteiger partial charge on any atom is -0.768 e. The minimum atomic E-state index is -2.26. The summed E-state index contributed by atoms with van der Waals surface area (Å²) in [4.78, 5) is 0.479. The third kappa shape index (κ3) is 4.29. The Kier molecular flexibility index (Phi) is 5.89. The van der Waals surface area contributed by atoms with Crippen LogP contribution in [0.4, 0.5) is 0 Å². The first-order valence-corrected chi connectivity index (χ1v) is 10.8. The first kappa shape index (κ1) is 18.1. The molecule has 2 atom stereocenters. The van der Waals surface area contributed by atoms with Crippen LogP contribution in [0.5, 0.6) is 0 Å². The molecule has 128 valence electrons. The van der Waals surface area contributed by atoms with Crippen molar-refractivity contribution in [2.45, 2.75) is 9.79 Å². The first-order chi connectivity index (χ1) is 12.1. The number of hydrogen-bond donors (Lipinski definition) is 0. The van der Waals surface area contributed by atoms with Crippen molar-refractivity contribution in [2.75, 3.05) is 0 Å². The van der Waals surface area contributed by atoms with Crippen LogP contribution in [0.15, 0.2) is 88.7 Å². The van der Waals surface area contributed by atoms with E-state index in [1.807, 2.05) is 54.6 Å². The monoisotopic (exact) mass is 388 g/mol. The zero-order valence-corrected chi connectivity index (χ0v) is 15.4. The summed E-state index contributed by atoms with van der Waals surface area (Å²) in [5, 5.41) is 3.09. The van der Waals surface area contributed by atoms with Crippen LogP contribution in [0.25, 0.3) is 0 Å². The van der Waals surface area contributed by atoms with E-state index >= 15 is 0 Å². The lowest BCUT2D eigenvalue weighted by molar-refractivity contribution is 0.535. The van der Waals surface area contributed by atoms with Crippen molar-refractivity contribution in [3.05, 3.63) is 78.9 Å². The Labute approximate surface area is 152 Å². The third-order valence-corrected chi connectivity index (χ3v) is 7.35. The predicted molar refractivity (Wildman–Crippen MR) is 99.5 cm³/mol. The van der Waals surface area contributed by atoms with Gasteiger partial charge in [-0.1, -0.05) is 54.6 Å². The minimum absolute atomic E-state index is 0.240. The molecule has 0 aromatic heterocycles. The van der Waals surface area contributed by atoms with Crippen molar-refractivity contribution < 1.29 is 17.5 Å². The second-order valence-electron chi connectivity index (χ2n) is 5.13. The van der Waals surface area contributed by atoms with E-state index in [-0.39, 0.29) is 9.79 Å². The summed E-state index contributed by atoms with van der Waals surface area (Å²) < 4.78 is 44.3. The van der Waals surface area contributed by atoms with E-state index in [9.17, 15) is 17.5 Å². The van der Waals surface area contributed by atoms with E-state index in [1.165, 1.54) is 0 Å². The molecule has 25 heavy (non-hydrogen) atoms. The molecule has 0 bridgehead atoms. The molecule has 7 heteroatoms. The fraction of sp³-hybridized carbons (Fsp3) is 0. The molecule has 0 saturated carbocycles. The molecule has 0 aliphatic rings. The van der Waals surface area contributed by atoms with Gasteiger partial charge in [0, 0.05) is 9.79 Å². The van der Waals surface area contributed by atoms with Crippen molar-refractivity contribution in [1.29, 1.82) is 0 Å². The topological polar surface area (TPSA) is 80.3 Å². The predicted octanol–water partition coefficient (Wildman–Crippen LogP) is 1.92. The highest BCUT2D eigenvalue weighted by Crippen LogP contribution is 2.33. The molecule has 0 aliphatic heterocycles. The van der Waals surface area contributed by atoms with Crippen LogP contribution in [-0.4, -0.2) is 17.5 Å². The Balaban J connectivity index is 2.07. The van der Waals surface area contributed by atoms with Gasteiger partial charge < -0.3 is 9.11 Å². The Morgan fingerprint density at radius 1 is 0.560 bits per heavy atom. The third-order valence-electron chi connectivity index (χ3n) is 3.59. The van der Waals surface area contributed by atoms with Gasteiger partial charge in [0.1, 0.15) is 0 Å². The van der Waals surface area contributed by atoms with Crippen molar-refractivity contribution in [2.24, 2.45) is 0 Å². The number of benzene rings is 3. The lowest BCUT2D eigenvalue weighted by atomic mass is 10.3. The van der Waals surface area contributed by atoms with E-state index < -0.39 is 30.1 Å². The molecule has 0 spiro atoms. The van der Waals surface area contributed by atoms with Crippen molar-refractivity contribution in [3.63, 3.8) is 0 Å². The molecule has 3 rings (SSSR count). The maximum Gasteiger partial charge on any atom is 0.0249 e. The summed E-state index contributed by atoms with van der Waals surface area (Å²) in [6.07, 6.45) is 0. The summed E-state index contributed by atoms with van der Waals surface area (Å²) in [5.41, 5.74) is 0. The maximum absolute atomic E-state index is 11.1. The highest BCUT2D eigenvalue weighted by atomic mass is 32.2. The molecule has 3 aromatic carbocycles. The summed E-state index contributed by atoms with van der Waals surface area (Å²) in [6.45, 7) is 0. The van der Waals surface area contributed by atoms with Crippen molar-refractivity contribution in [3.8, 4) is 0 Å². The number of hydrogen-bond acceptors (Lipinski definition) is 4. The Hall–Kier alpha value is -1.69. The summed E-state index contributed by atoms with van der Waals surface area (Å²) in [7, 11) is -0.911. The van der Waals surface area contributed by atoms with Crippen LogP contribution in [0.2, 0.25) is 0 Å². The second-order valence-corrected chi connectivity index (χ2v) is 9.23. The van der Waals surface area contributed by atoms with E-state index in [2.05, 4.69) is 0 Å². The lowest BCUT2D eigenvalue weighted by Gasteiger charge is -2.20. The Bertz CT molecular complexity index is 839. The standard InChI is InChI=1S/C18H15O4PS2/c19-24(20)17-10-6-15(7-11-17)23(14-4-2-1-3-5-14)16-8-12-18(13-9-16)25(21)22/h1-13H,(H,19,20)(H,21,22)/p-2. The van der Waals surface area contributed by atoms with Crippen LogP contribution in [-0.2, 0) is 22.2 Å². The maximum atomic E-state index is 11.1. The summed E-state index contributed by atoms with van der Waals surface area (Å²) in [5.74, 6) is 0. The molecule has 4 nitrogen and oxygen atoms in total. The summed E-state index contributed by atoms with van der Waals surface area (Å²) >= 11 is -4.52. The average molecular weight is 388 g/mol. The van der Waals surface area contributed by atoms with E-state index in [1.54, 1.807) is 24.3 Å². The zero-order chi connectivity index (χ0) is 17.8. The van der Waals surface area contributed by atoms with Gasteiger partial charge in [-0.2, -0.15) is 0 Å². The molecule has 0 amide bonds. The molecule has 0 heterocycles. The van der Waals surface area contributed by atoms with Gasteiger partial charge in [-0.05, 0) is 70.3 Å². The van der Waals surface area contributed by atoms with Gasteiger partial charge in [-0.15, -0.1) is 0 Å². The van der Waals surface area contributed by atoms with Crippen LogP contribution in [0.3, 0.4) is 0 Å². The van der Waals surface area contributed by atoms with E-state index in [0.29, 0.717) is 0 Å². The molecular formula is C18H13O4PS2-2. The van der Waals surface area contributed by atoms with Crippen LogP contribution >= 0.6 is 7.92 Å². The molecule has 0 saturated heterocycles. The zero-order valence-electron chi connectivity index (χ0n) is 12.9. The smallest absolute Gasteiger partial charge is 0.0249 e. The van der Waals surface area contributed by atoms with Gasteiger partial charge in [0.15, 0.2) is 0 Å². The highest BCUT2D eigenvalue weighted by Gasteiger charge is 2.16. The van der Waals surface area contributed by atoms with Gasteiger partial charge in [0.05, 0.1) is 0 Å². The van der Waals surface area contributed by atoms with Crippen molar-refractivity contribution >= 4 is 46.0 Å². The second kappa shape index (κ2) is 8.13. The molecule has 2 unspecified atom stereocenters. The molecule has 3 aromatic rings. The quantitative estimate of drug-likeness (QED) is 0.494. The van der Waals surface area contributed by atoms with Crippen molar-refractivity contribution in [1.82, 2.24) is 0 Å². The molecule has 0 N–H and O–H groups in total. The number of rotatable bonds is 5. The van der Waals surface area contributed by atoms with Gasteiger partial charge in [-0.25, -0.2) is 0 Å². The SMILES string of the molecule is O=S([O-])c1ccc(P(c2ccccc2)c2ccc(S(=O)[O-])cc2)cc1. The van der Waals surface area contributed by atoms with Crippen LogP contribution in [0.1, 0.15) is 0 Å². The lowest BCUT2D eigenvalue weighted by Crippen LogP contribution is -2.20. The van der Waals surface area contributed by atoms with Crippen LogP contribution in [0, 0.1) is 0 Å². The summed E-state index contributed by atoms with van der Waals surface area (Å²) in [6, 6.07) is 23.4. The normalized spacial score (nSPS) is 14.6. The molecule has 0 fully saturated rings. The first-order valence-electron chi connectivity index (χ1n) is 7.30. The molecular weight excluding hydrogens is 375 g/mol. The fourth-order valence-electron chi connectivity index (χ4n) is 2.44. The van der Waals surface area contributed by atoms with Gasteiger partial charge in [-0.3, -0.25) is 8.42 Å². The molecule has 0 aliphatic carbocycles. The van der Waals surface area contributed by atoms with E-state index in [0.717, 1.165) is 15.9 Å². The fourth-order valence-corrected chi connectivity index (χ4v) is 5.41. The molecule has 0 radical (unpaired) electrons.